The molecule has 1 aliphatic rings. The third-order valence-electron chi connectivity index (χ3n) is 6.19. The van der Waals surface area contributed by atoms with Crippen molar-refractivity contribution in [2.24, 2.45) is 0 Å². The molecule has 36 heavy (non-hydrogen) atoms. The Hall–Kier alpha value is -4.46. The molecule has 0 spiro atoms. The number of aliphatic hydroxyl groups is 1. The molecule has 0 bridgehead atoms. The zero-order valence-electron chi connectivity index (χ0n) is 20.7. The van der Waals surface area contributed by atoms with Gasteiger partial charge in [0.15, 0.2) is 11.5 Å². The lowest BCUT2D eigenvalue weighted by Gasteiger charge is -2.27. The summed E-state index contributed by atoms with van der Waals surface area (Å²) in [6.07, 6.45) is 0. The van der Waals surface area contributed by atoms with Gasteiger partial charge in [-0.1, -0.05) is 18.2 Å². The van der Waals surface area contributed by atoms with Crippen molar-refractivity contribution in [3.05, 3.63) is 82.9 Å². The van der Waals surface area contributed by atoms with Crippen LogP contribution in [0.3, 0.4) is 0 Å². The predicted octanol–water partition coefficient (Wildman–Crippen LogP) is 4.66. The van der Waals surface area contributed by atoms with Crippen LogP contribution in [0.1, 0.15) is 22.7 Å². The summed E-state index contributed by atoms with van der Waals surface area (Å²) >= 11 is 0. The second-order valence-corrected chi connectivity index (χ2v) is 8.14. The first-order valence-corrected chi connectivity index (χ1v) is 11.2. The van der Waals surface area contributed by atoms with Gasteiger partial charge in [-0.3, -0.25) is 14.5 Å². The number of Topliss-reactive ketones (excluding diaryl/α,β-unsaturated/α-hetero) is 1. The lowest BCUT2D eigenvalue weighted by atomic mass is 9.94. The summed E-state index contributed by atoms with van der Waals surface area (Å²) in [5, 5.41) is 11.3. The normalized spacial score (nSPS) is 16.7. The van der Waals surface area contributed by atoms with Gasteiger partial charge in [0.05, 0.1) is 40.1 Å². The number of para-hydroxylation sites is 1. The number of ether oxygens (including phenoxy) is 4. The highest BCUT2D eigenvalue weighted by molar-refractivity contribution is 6.51. The third-order valence-corrected chi connectivity index (χ3v) is 6.19. The number of ketones is 1. The average molecular weight is 490 g/mol. The number of nitrogens with zero attached hydrogens (tertiary/aromatic N) is 1. The van der Waals surface area contributed by atoms with Crippen LogP contribution in [0.4, 0.5) is 5.69 Å². The molecule has 8 nitrogen and oxygen atoms in total. The minimum Gasteiger partial charge on any atom is -0.507 e. The molecule has 1 aliphatic heterocycles. The number of amides is 1. The van der Waals surface area contributed by atoms with Crippen LogP contribution in [0, 0.1) is 6.92 Å². The van der Waals surface area contributed by atoms with E-state index in [0.29, 0.717) is 39.8 Å². The lowest BCUT2D eigenvalue weighted by molar-refractivity contribution is -0.132. The molecule has 0 aliphatic carbocycles. The fraction of sp³-hybridized carbons (Fsp3) is 0.214. The van der Waals surface area contributed by atoms with E-state index < -0.39 is 17.7 Å². The summed E-state index contributed by atoms with van der Waals surface area (Å²) in [4.78, 5) is 28.3. The summed E-state index contributed by atoms with van der Waals surface area (Å²) in [7, 11) is 5.99. The van der Waals surface area contributed by atoms with Crippen molar-refractivity contribution in [2.75, 3.05) is 33.3 Å². The smallest absolute Gasteiger partial charge is 0.300 e. The molecule has 1 amide bonds. The van der Waals surface area contributed by atoms with Gasteiger partial charge in [0.25, 0.3) is 11.7 Å². The van der Waals surface area contributed by atoms with E-state index in [1.54, 1.807) is 48.5 Å². The van der Waals surface area contributed by atoms with Crippen LogP contribution >= 0.6 is 0 Å². The molecule has 1 unspecified atom stereocenters. The summed E-state index contributed by atoms with van der Waals surface area (Å²) in [5.41, 5.74) is 2.16. The van der Waals surface area contributed by atoms with E-state index in [1.807, 2.05) is 19.1 Å². The average Bonchev–Trinajstić information content (AvgIpc) is 3.17. The van der Waals surface area contributed by atoms with Crippen molar-refractivity contribution in [2.45, 2.75) is 13.0 Å². The largest absolute Gasteiger partial charge is 0.507 e. The first-order valence-electron chi connectivity index (χ1n) is 11.2. The molecule has 0 radical (unpaired) electrons. The Labute approximate surface area is 209 Å². The van der Waals surface area contributed by atoms with Gasteiger partial charge in [-0.05, 0) is 60.5 Å². The topological polar surface area (TPSA) is 94.5 Å². The Morgan fingerprint density at radius 2 is 1.44 bits per heavy atom. The molecule has 0 aromatic heterocycles. The maximum absolute atomic E-state index is 13.4. The Balaban J connectivity index is 2.01. The number of aliphatic hydroxyl groups excluding tert-OH is 1. The molecular formula is C28H27NO7. The number of methoxy groups -OCH3 is 4. The van der Waals surface area contributed by atoms with Gasteiger partial charge in [0.2, 0.25) is 5.75 Å². The number of rotatable bonds is 7. The highest BCUT2D eigenvalue weighted by Gasteiger charge is 2.47. The van der Waals surface area contributed by atoms with E-state index in [9.17, 15) is 14.7 Å². The van der Waals surface area contributed by atoms with Crippen LogP contribution < -0.4 is 23.8 Å². The van der Waals surface area contributed by atoms with Crippen molar-refractivity contribution in [1.29, 1.82) is 0 Å². The number of carbonyl (C=O) groups excluding carboxylic acids is 2. The molecule has 186 valence electrons. The number of anilines is 1. The second-order valence-electron chi connectivity index (χ2n) is 8.14. The maximum atomic E-state index is 13.4. The molecular weight excluding hydrogens is 462 g/mol. The van der Waals surface area contributed by atoms with E-state index in [4.69, 9.17) is 18.9 Å². The molecule has 1 atom stereocenters. The maximum Gasteiger partial charge on any atom is 0.300 e. The summed E-state index contributed by atoms with van der Waals surface area (Å²) in [6.45, 7) is 1.85. The number of aryl methyl sites for hydroxylation is 1. The van der Waals surface area contributed by atoms with Crippen LogP contribution in [-0.2, 0) is 9.59 Å². The number of carbonyl (C=O) groups is 2. The highest BCUT2D eigenvalue weighted by atomic mass is 16.5. The van der Waals surface area contributed by atoms with E-state index in [0.717, 1.165) is 5.56 Å². The Bertz CT molecular complexity index is 1320. The Morgan fingerprint density at radius 3 is 1.97 bits per heavy atom. The second kappa shape index (κ2) is 10.0. The minimum absolute atomic E-state index is 0.0531. The van der Waals surface area contributed by atoms with Gasteiger partial charge >= 0.3 is 0 Å². The monoisotopic (exact) mass is 489 g/mol. The van der Waals surface area contributed by atoms with E-state index in [1.165, 1.54) is 33.3 Å². The molecule has 3 aromatic carbocycles. The number of hydrogen-bond donors (Lipinski definition) is 1. The van der Waals surface area contributed by atoms with Gasteiger partial charge in [0.1, 0.15) is 11.5 Å². The molecule has 0 saturated carbocycles. The predicted molar refractivity (Wildman–Crippen MR) is 135 cm³/mol. The highest BCUT2D eigenvalue weighted by Crippen LogP contribution is 2.47. The Morgan fingerprint density at radius 1 is 0.833 bits per heavy atom. The van der Waals surface area contributed by atoms with E-state index in [-0.39, 0.29) is 11.3 Å². The van der Waals surface area contributed by atoms with Crippen LogP contribution in [0.15, 0.2) is 66.2 Å². The van der Waals surface area contributed by atoms with E-state index >= 15 is 0 Å². The summed E-state index contributed by atoms with van der Waals surface area (Å²) in [6, 6.07) is 16.2. The number of benzene rings is 3. The Kier molecular flexibility index (Phi) is 6.87. The van der Waals surface area contributed by atoms with Gasteiger partial charge in [0, 0.05) is 11.3 Å². The molecule has 4 rings (SSSR count). The molecule has 1 N–H and O–H groups in total. The van der Waals surface area contributed by atoms with Crippen LogP contribution in [0.2, 0.25) is 0 Å². The minimum atomic E-state index is -0.957. The first kappa shape index (κ1) is 24.7. The zero-order valence-corrected chi connectivity index (χ0v) is 20.7. The molecule has 8 heteroatoms. The molecule has 1 fully saturated rings. The zero-order chi connectivity index (χ0) is 26.0. The molecule has 1 heterocycles. The van der Waals surface area contributed by atoms with Gasteiger partial charge in [-0.15, -0.1) is 0 Å². The summed E-state index contributed by atoms with van der Waals surface area (Å²) < 4.78 is 21.7. The van der Waals surface area contributed by atoms with Gasteiger partial charge in [-0.2, -0.15) is 0 Å². The van der Waals surface area contributed by atoms with E-state index in [2.05, 4.69) is 0 Å². The number of hydrogen-bond acceptors (Lipinski definition) is 7. The lowest BCUT2D eigenvalue weighted by Crippen LogP contribution is -2.30. The van der Waals surface area contributed by atoms with Crippen molar-refractivity contribution < 1.29 is 33.6 Å². The molecule has 1 saturated heterocycles. The van der Waals surface area contributed by atoms with Crippen LogP contribution in [0.5, 0.6) is 23.0 Å². The summed E-state index contributed by atoms with van der Waals surface area (Å²) in [5.74, 6) is -0.188. The SMILES string of the molecule is COc1ccc(/C(O)=C2\C(=O)C(=O)N(c3ccccc3C)C2c2cc(OC)c(OC)c(OC)c2)cc1. The fourth-order valence-electron chi connectivity index (χ4n) is 4.39. The van der Waals surface area contributed by atoms with Crippen LogP contribution in [0.25, 0.3) is 5.76 Å². The van der Waals surface area contributed by atoms with Crippen molar-refractivity contribution >= 4 is 23.1 Å². The quantitative estimate of drug-likeness (QED) is 0.293. The van der Waals surface area contributed by atoms with Crippen LogP contribution in [-0.4, -0.2) is 45.2 Å². The van der Waals surface area contributed by atoms with Gasteiger partial charge in [-0.25, -0.2) is 0 Å². The van der Waals surface area contributed by atoms with Gasteiger partial charge < -0.3 is 24.1 Å². The van der Waals surface area contributed by atoms with Crippen molar-refractivity contribution in [3.8, 4) is 23.0 Å². The first-order chi connectivity index (χ1) is 17.4. The van der Waals surface area contributed by atoms with Crippen molar-refractivity contribution in [1.82, 2.24) is 0 Å². The molecule has 3 aromatic rings. The third kappa shape index (κ3) is 4.11. The fourth-order valence-corrected chi connectivity index (χ4v) is 4.39. The standard InChI is InChI=1S/C28H27NO7/c1-16-8-6-7-9-20(16)29-24(18-14-21(34-3)27(36-5)22(15-18)35-4)23(26(31)28(29)32)25(30)17-10-12-19(33-2)13-11-17/h6-15,24,30H,1-5H3/b25-23+. The van der Waals surface area contributed by atoms with Crippen molar-refractivity contribution in [3.63, 3.8) is 0 Å².